The summed E-state index contributed by atoms with van der Waals surface area (Å²) < 4.78 is 46.3. The molecule has 2 heterocycles. The third-order valence-corrected chi connectivity index (χ3v) is 6.56. The number of carbonyl (C=O) groups excluding carboxylic acids is 2. The van der Waals surface area contributed by atoms with Gasteiger partial charge in [0.2, 0.25) is 0 Å². The van der Waals surface area contributed by atoms with Gasteiger partial charge in [-0.1, -0.05) is 63.6 Å². The Morgan fingerprint density at radius 2 is 1.84 bits per heavy atom. The van der Waals surface area contributed by atoms with Crippen LogP contribution in [0.2, 0.25) is 0 Å². The zero-order valence-electron chi connectivity index (χ0n) is 22.2. The van der Waals surface area contributed by atoms with Crippen molar-refractivity contribution in [3.8, 4) is 0 Å². The number of nitrogens with two attached hydrogens (primary N) is 1. The number of hydrogen-bond acceptors (Lipinski definition) is 5. The van der Waals surface area contributed by atoms with Crippen LogP contribution in [0.4, 0.5) is 13.2 Å². The minimum Gasteiger partial charge on any atom is -0.377 e. The first kappa shape index (κ1) is 29.2. The molecule has 1 fully saturated rings. The van der Waals surface area contributed by atoms with Gasteiger partial charge in [0.15, 0.2) is 12.0 Å². The van der Waals surface area contributed by atoms with E-state index in [4.69, 9.17) is 10.5 Å². The first-order valence-corrected chi connectivity index (χ1v) is 12.7. The molecule has 0 aliphatic carbocycles. The Hall–Kier alpha value is -3.40. The summed E-state index contributed by atoms with van der Waals surface area (Å²) in [7, 11) is 0. The highest BCUT2D eigenvalue weighted by molar-refractivity contribution is 6.04. The minimum absolute atomic E-state index is 0.0246. The smallest absolute Gasteiger partial charge is 0.377 e. The number of rotatable bonds is 5. The van der Waals surface area contributed by atoms with Crippen LogP contribution in [0, 0.1) is 5.92 Å². The molecule has 1 saturated heterocycles. The van der Waals surface area contributed by atoms with Crippen molar-refractivity contribution >= 4 is 17.8 Å². The Balaban J connectivity index is 0.000000732. The fourth-order valence-electron chi connectivity index (χ4n) is 4.01. The fourth-order valence-corrected chi connectivity index (χ4v) is 4.01. The molecule has 2 aromatic carbocycles. The summed E-state index contributed by atoms with van der Waals surface area (Å²) in [5.41, 5.74) is 5.48. The Morgan fingerprint density at radius 1 is 1.18 bits per heavy atom. The number of hydrogen-bond donors (Lipinski definition) is 1. The highest BCUT2D eigenvalue weighted by Crippen LogP contribution is 2.34. The van der Waals surface area contributed by atoms with E-state index in [0.29, 0.717) is 11.1 Å². The number of amides is 2. The number of aliphatic imine (C=N–C) groups is 1. The second-order valence-corrected chi connectivity index (χ2v) is 9.83. The average molecular weight is 533 g/mol. The predicted octanol–water partition coefficient (Wildman–Crippen LogP) is 5.02. The second-order valence-electron chi connectivity index (χ2n) is 9.83. The van der Waals surface area contributed by atoms with Gasteiger partial charge in [-0.15, -0.1) is 0 Å². The molecule has 0 aromatic heterocycles. The second kappa shape index (κ2) is 12.4. The first-order chi connectivity index (χ1) is 17.9. The number of morpholine rings is 1. The summed E-state index contributed by atoms with van der Waals surface area (Å²) >= 11 is 0. The zero-order chi connectivity index (χ0) is 28.0. The van der Waals surface area contributed by atoms with Crippen molar-refractivity contribution < 1.29 is 27.5 Å². The van der Waals surface area contributed by atoms with Crippen LogP contribution in [0.5, 0.6) is 0 Å². The Bertz CT molecular complexity index is 1150. The van der Waals surface area contributed by atoms with E-state index in [1.165, 1.54) is 28.4 Å². The average Bonchev–Trinajstić information content (AvgIpc) is 3.17. The third-order valence-electron chi connectivity index (χ3n) is 6.56. The first-order valence-electron chi connectivity index (χ1n) is 12.7. The van der Waals surface area contributed by atoms with Crippen molar-refractivity contribution in [1.29, 1.82) is 0 Å². The van der Waals surface area contributed by atoms with Crippen molar-refractivity contribution in [2.75, 3.05) is 19.8 Å². The van der Waals surface area contributed by atoms with Gasteiger partial charge < -0.3 is 15.4 Å². The molecule has 4 rings (SSSR count). The van der Waals surface area contributed by atoms with Crippen LogP contribution < -0.4 is 5.73 Å². The summed E-state index contributed by atoms with van der Waals surface area (Å²) in [6.45, 7) is 8.97. The van der Waals surface area contributed by atoms with Gasteiger partial charge in [-0.05, 0) is 36.1 Å². The van der Waals surface area contributed by atoms with Crippen molar-refractivity contribution in [2.24, 2.45) is 16.6 Å². The van der Waals surface area contributed by atoms with Crippen LogP contribution in [0.25, 0.3) is 0 Å². The molecule has 10 heteroatoms. The summed E-state index contributed by atoms with van der Waals surface area (Å²) in [4.78, 5) is 32.8. The molecule has 2 aromatic rings. The monoisotopic (exact) mass is 532 g/mol. The standard InChI is InChI=1S/C23H23F3N4O3.C5H12/c1-14-13-33-10-9-29(14)20(31)17-11-15(7-8-18(17)23(24,25)26)12-30-21(32)19(28-22(30)27)16-5-3-2-4-6-16;1-4-5(2)3/h2-8,11,14,19H,9-10,12-13H2,1H3,(H2,27,28);5H,4H2,1-3H3. The van der Waals surface area contributed by atoms with E-state index >= 15 is 0 Å². The lowest BCUT2D eigenvalue weighted by Gasteiger charge is -2.34. The van der Waals surface area contributed by atoms with Crippen molar-refractivity contribution in [3.63, 3.8) is 0 Å². The van der Waals surface area contributed by atoms with E-state index in [2.05, 4.69) is 25.8 Å². The zero-order valence-corrected chi connectivity index (χ0v) is 22.2. The minimum atomic E-state index is -4.71. The number of guanidine groups is 1. The Morgan fingerprint density at radius 3 is 2.42 bits per heavy atom. The molecule has 0 bridgehead atoms. The van der Waals surface area contributed by atoms with Crippen LogP contribution in [0.1, 0.15) is 67.2 Å². The van der Waals surface area contributed by atoms with Gasteiger partial charge in [0.05, 0.1) is 36.9 Å². The number of carbonyl (C=O) groups is 2. The quantitative estimate of drug-likeness (QED) is 0.586. The predicted molar refractivity (Wildman–Crippen MR) is 139 cm³/mol. The molecular weight excluding hydrogens is 497 g/mol. The number of alkyl halides is 3. The third kappa shape index (κ3) is 6.92. The largest absolute Gasteiger partial charge is 0.417 e. The summed E-state index contributed by atoms with van der Waals surface area (Å²) in [5, 5.41) is 0. The van der Waals surface area contributed by atoms with Gasteiger partial charge in [-0.2, -0.15) is 13.2 Å². The van der Waals surface area contributed by atoms with Crippen LogP contribution >= 0.6 is 0 Å². The summed E-state index contributed by atoms with van der Waals surface area (Å²) in [6.07, 6.45) is -3.40. The number of nitrogens with zero attached hydrogens (tertiary/aromatic N) is 3. The SMILES string of the molecule is CC1COCCN1C(=O)c1cc(CN2C(=O)C(c3ccccc3)N=C2N)ccc1C(F)(F)F.CCC(C)C. The highest BCUT2D eigenvalue weighted by Gasteiger charge is 2.39. The molecule has 0 spiro atoms. The maximum Gasteiger partial charge on any atom is 0.417 e. The van der Waals surface area contributed by atoms with E-state index in [1.54, 1.807) is 31.2 Å². The molecule has 38 heavy (non-hydrogen) atoms. The Labute approximate surface area is 221 Å². The molecule has 2 atom stereocenters. The molecule has 206 valence electrons. The lowest BCUT2D eigenvalue weighted by molar-refractivity contribution is -0.138. The van der Waals surface area contributed by atoms with Crippen LogP contribution in [0.15, 0.2) is 53.5 Å². The van der Waals surface area contributed by atoms with E-state index in [-0.39, 0.29) is 44.2 Å². The van der Waals surface area contributed by atoms with Crippen LogP contribution in [0.3, 0.4) is 0 Å². The van der Waals surface area contributed by atoms with Crippen molar-refractivity contribution in [1.82, 2.24) is 9.80 Å². The van der Waals surface area contributed by atoms with Gasteiger partial charge in [0, 0.05) is 6.54 Å². The van der Waals surface area contributed by atoms with Gasteiger partial charge in [-0.3, -0.25) is 14.5 Å². The van der Waals surface area contributed by atoms with Gasteiger partial charge in [-0.25, -0.2) is 4.99 Å². The van der Waals surface area contributed by atoms with Gasteiger partial charge >= 0.3 is 6.18 Å². The lowest BCUT2D eigenvalue weighted by Crippen LogP contribution is -2.47. The molecule has 0 radical (unpaired) electrons. The number of ether oxygens (including phenoxy) is 1. The van der Waals surface area contributed by atoms with E-state index in [1.807, 2.05) is 6.07 Å². The molecular formula is C28H35F3N4O3. The van der Waals surface area contributed by atoms with E-state index < -0.39 is 29.3 Å². The molecule has 2 N–H and O–H groups in total. The van der Waals surface area contributed by atoms with Crippen molar-refractivity contribution in [3.05, 3.63) is 70.8 Å². The summed E-state index contributed by atoms with van der Waals surface area (Å²) in [5.74, 6) is -0.247. The fraction of sp³-hybridized carbons (Fsp3) is 0.464. The van der Waals surface area contributed by atoms with E-state index in [0.717, 1.165) is 12.0 Å². The van der Waals surface area contributed by atoms with E-state index in [9.17, 15) is 22.8 Å². The van der Waals surface area contributed by atoms with Crippen LogP contribution in [-0.4, -0.2) is 53.4 Å². The normalized spacial score (nSPS) is 19.8. The molecule has 2 amide bonds. The molecule has 0 saturated carbocycles. The molecule has 2 aliphatic rings. The summed E-state index contributed by atoms with van der Waals surface area (Å²) in [6, 6.07) is 11.0. The molecule has 7 nitrogen and oxygen atoms in total. The maximum atomic E-state index is 13.7. The Kier molecular flexibility index (Phi) is 9.54. The molecule has 2 unspecified atom stereocenters. The molecule has 2 aliphatic heterocycles. The number of halogens is 3. The van der Waals surface area contributed by atoms with Crippen LogP contribution in [-0.2, 0) is 22.3 Å². The van der Waals surface area contributed by atoms with Gasteiger partial charge in [0.1, 0.15) is 0 Å². The lowest BCUT2D eigenvalue weighted by atomic mass is 10.0. The maximum absolute atomic E-state index is 13.7. The van der Waals surface area contributed by atoms with Crippen molar-refractivity contribution in [2.45, 2.75) is 58.9 Å². The highest BCUT2D eigenvalue weighted by atomic mass is 19.4. The topological polar surface area (TPSA) is 88.2 Å². The number of benzene rings is 2. The van der Waals surface area contributed by atoms with Gasteiger partial charge in [0.25, 0.3) is 11.8 Å².